The molecule has 2 heteroatoms. The van der Waals surface area contributed by atoms with Gasteiger partial charge in [0.2, 0.25) is 0 Å². The van der Waals surface area contributed by atoms with Crippen LogP contribution >= 0.6 is 0 Å². The second-order valence-electron chi connectivity index (χ2n) is 3.64. The van der Waals surface area contributed by atoms with Gasteiger partial charge in [0.25, 0.3) is 0 Å². The molecule has 0 spiro atoms. The molecule has 74 valence electrons. The fraction of sp³-hybridized carbons (Fsp3) is 1.00. The summed E-state index contributed by atoms with van der Waals surface area (Å²) in [7, 11) is 4.27. The van der Waals surface area contributed by atoms with Gasteiger partial charge in [0.1, 0.15) is 0 Å². The standard InChI is InChI=1S/C10H24N2/c1-5-7-12(8-6-2)10-9-11(3)4/h5-10H2,1-4H3. The Morgan fingerprint density at radius 1 is 0.750 bits per heavy atom. The van der Waals surface area contributed by atoms with E-state index >= 15 is 0 Å². The summed E-state index contributed by atoms with van der Waals surface area (Å²) in [5, 5.41) is 0. The third-order valence-corrected chi connectivity index (χ3v) is 1.94. The summed E-state index contributed by atoms with van der Waals surface area (Å²) in [6, 6.07) is 0. The van der Waals surface area contributed by atoms with E-state index in [1.165, 1.54) is 39.0 Å². The number of likely N-dealkylation sites (N-methyl/N-ethyl adjacent to an activating group) is 1. The van der Waals surface area contributed by atoms with Crippen molar-refractivity contribution in [2.24, 2.45) is 0 Å². The van der Waals surface area contributed by atoms with Crippen molar-refractivity contribution in [3.63, 3.8) is 0 Å². The lowest BCUT2D eigenvalue weighted by Gasteiger charge is -2.22. The Labute approximate surface area is 77.5 Å². The molecule has 0 aliphatic rings. The van der Waals surface area contributed by atoms with Crippen LogP contribution in [0.4, 0.5) is 0 Å². The van der Waals surface area contributed by atoms with Crippen molar-refractivity contribution < 1.29 is 0 Å². The summed E-state index contributed by atoms with van der Waals surface area (Å²) in [5.41, 5.74) is 0. The van der Waals surface area contributed by atoms with Gasteiger partial charge in [-0.3, -0.25) is 0 Å². The van der Waals surface area contributed by atoms with Crippen molar-refractivity contribution in [3.05, 3.63) is 0 Å². The predicted octanol–water partition coefficient (Wildman–Crippen LogP) is 1.67. The van der Waals surface area contributed by atoms with Gasteiger partial charge in [-0.15, -0.1) is 0 Å². The zero-order chi connectivity index (χ0) is 9.40. The summed E-state index contributed by atoms with van der Waals surface area (Å²) in [5.74, 6) is 0. The van der Waals surface area contributed by atoms with E-state index in [0.717, 1.165) is 0 Å². The Balaban J connectivity index is 3.48. The lowest BCUT2D eigenvalue weighted by molar-refractivity contribution is 0.241. The van der Waals surface area contributed by atoms with Crippen molar-refractivity contribution in [2.75, 3.05) is 40.3 Å². The first-order chi connectivity index (χ1) is 5.70. The third-order valence-electron chi connectivity index (χ3n) is 1.94. The van der Waals surface area contributed by atoms with Gasteiger partial charge in [0.15, 0.2) is 0 Å². The Hall–Kier alpha value is -0.0800. The molecule has 0 fully saturated rings. The minimum atomic E-state index is 1.18. The van der Waals surface area contributed by atoms with Crippen molar-refractivity contribution in [1.29, 1.82) is 0 Å². The van der Waals surface area contributed by atoms with Crippen LogP contribution in [-0.2, 0) is 0 Å². The highest BCUT2D eigenvalue weighted by atomic mass is 15.2. The van der Waals surface area contributed by atoms with Gasteiger partial charge >= 0.3 is 0 Å². The van der Waals surface area contributed by atoms with Crippen LogP contribution in [0.2, 0.25) is 0 Å². The maximum Gasteiger partial charge on any atom is 0.0109 e. The lowest BCUT2D eigenvalue weighted by Crippen LogP contribution is -2.32. The van der Waals surface area contributed by atoms with Crippen LogP contribution in [0.1, 0.15) is 26.7 Å². The molecule has 0 radical (unpaired) electrons. The van der Waals surface area contributed by atoms with E-state index in [0.29, 0.717) is 0 Å². The highest BCUT2D eigenvalue weighted by Crippen LogP contribution is 1.93. The van der Waals surface area contributed by atoms with Crippen LogP contribution in [0.25, 0.3) is 0 Å². The molecular weight excluding hydrogens is 148 g/mol. The predicted molar refractivity (Wildman–Crippen MR) is 55.6 cm³/mol. The summed E-state index contributed by atoms with van der Waals surface area (Å²) < 4.78 is 0. The molecular formula is C10H24N2. The van der Waals surface area contributed by atoms with E-state index in [4.69, 9.17) is 0 Å². The first-order valence-corrected chi connectivity index (χ1v) is 5.07. The van der Waals surface area contributed by atoms with Crippen LogP contribution in [0.3, 0.4) is 0 Å². The van der Waals surface area contributed by atoms with Crippen LogP contribution in [0, 0.1) is 0 Å². The van der Waals surface area contributed by atoms with Crippen LogP contribution in [0.15, 0.2) is 0 Å². The minimum Gasteiger partial charge on any atom is -0.308 e. The van der Waals surface area contributed by atoms with Gasteiger partial charge in [0, 0.05) is 13.1 Å². The molecule has 2 nitrogen and oxygen atoms in total. The molecule has 0 bridgehead atoms. The summed E-state index contributed by atoms with van der Waals surface area (Å²) in [6.07, 6.45) is 2.54. The van der Waals surface area contributed by atoms with Gasteiger partial charge in [-0.05, 0) is 40.0 Å². The van der Waals surface area contributed by atoms with Crippen molar-refractivity contribution in [1.82, 2.24) is 9.80 Å². The van der Waals surface area contributed by atoms with Gasteiger partial charge in [-0.2, -0.15) is 0 Å². The van der Waals surface area contributed by atoms with E-state index in [-0.39, 0.29) is 0 Å². The topological polar surface area (TPSA) is 6.48 Å². The van der Waals surface area contributed by atoms with Gasteiger partial charge in [0.05, 0.1) is 0 Å². The van der Waals surface area contributed by atoms with Gasteiger partial charge < -0.3 is 9.80 Å². The monoisotopic (exact) mass is 172 g/mol. The fourth-order valence-corrected chi connectivity index (χ4v) is 1.31. The Kier molecular flexibility index (Phi) is 7.51. The average molecular weight is 172 g/mol. The molecule has 0 rings (SSSR count). The Morgan fingerprint density at radius 2 is 1.25 bits per heavy atom. The molecule has 0 saturated carbocycles. The number of hydrogen-bond acceptors (Lipinski definition) is 2. The van der Waals surface area contributed by atoms with E-state index < -0.39 is 0 Å². The van der Waals surface area contributed by atoms with Crippen LogP contribution < -0.4 is 0 Å². The molecule has 0 aliphatic carbocycles. The van der Waals surface area contributed by atoms with E-state index in [9.17, 15) is 0 Å². The highest BCUT2D eigenvalue weighted by molar-refractivity contribution is 4.57. The molecule has 0 heterocycles. The number of nitrogens with zero attached hydrogens (tertiary/aromatic N) is 2. The molecule has 0 amide bonds. The SMILES string of the molecule is CCCN(CCC)CCN(C)C. The first kappa shape index (κ1) is 11.9. The normalized spacial score (nSPS) is 11.5. The molecule has 0 unspecified atom stereocenters. The van der Waals surface area contributed by atoms with Crippen molar-refractivity contribution >= 4 is 0 Å². The van der Waals surface area contributed by atoms with E-state index in [1.807, 2.05) is 0 Å². The van der Waals surface area contributed by atoms with Crippen LogP contribution in [-0.4, -0.2) is 50.1 Å². The molecule has 0 aromatic rings. The quantitative estimate of drug-likeness (QED) is 0.576. The van der Waals surface area contributed by atoms with Crippen molar-refractivity contribution in [2.45, 2.75) is 26.7 Å². The molecule has 0 aromatic carbocycles. The maximum absolute atomic E-state index is 2.54. The number of rotatable bonds is 7. The summed E-state index contributed by atoms with van der Waals surface area (Å²) in [6.45, 7) is 9.40. The summed E-state index contributed by atoms with van der Waals surface area (Å²) >= 11 is 0. The zero-order valence-electron chi connectivity index (χ0n) is 9.14. The molecule has 0 atom stereocenters. The molecule has 0 aliphatic heterocycles. The molecule has 0 saturated heterocycles. The molecule has 12 heavy (non-hydrogen) atoms. The van der Waals surface area contributed by atoms with Crippen LogP contribution in [0.5, 0.6) is 0 Å². The molecule has 0 N–H and O–H groups in total. The largest absolute Gasteiger partial charge is 0.308 e. The van der Waals surface area contributed by atoms with Gasteiger partial charge in [-0.1, -0.05) is 13.8 Å². The zero-order valence-corrected chi connectivity index (χ0v) is 9.14. The molecule has 0 aromatic heterocycles. The van der Waals surface area contributed by atoms with E-state index in [2.05, 4.69) is 37.7 Å². The van der Waals surface area contributed by atoms with E-state index in [1.54, 1.807) is 0 Å². The minimum absolute atomic E-state index is 1.18. The van der Waals surface area contributed by atoms with Gasteiger partial charge in [-0.25, -0.2) is 0 Å². The second kappa shape index (κ2) is 7.56. The average Bonchev–Trinajstić information content (AvgIpc) is 2.01. The van der Waals surface area contributed by atoms with Crippen molar-refractivity contribution in [3.8, 4) is 0 Å². The fourth-order valence-electron chi connectivity index (χ4n) is 1.31. The second-order valence-corrected chi connectivity index (χ2v) is 3.64. The number of hydrogen-bond donors (Lipinski definition) is 0. The summed E-state index contributed by atoms with van der Waals surface area (Å²) in [4.78, 5) is 4.79. The Bertz CT molecular complexity index is 85.8. The Morgan fingerprint density at radius 3 is 1.58 bits per heavy atom. The third kappa shape index (κ3) is 6.62. The first-order valence-electron chi connectivity index (χ1n) is 5.07. The lowest BCUT2D eigenvalue weighted by atomic mass is 10.3. The smallest absolute Gasteiger partial charge is 0.0109 e. The highest BCUT2D eigenvalue weighted by Gasteiger charge is 2.01. The maximum atomic E-state index is 2.54.